The Hall–Kier alpha value is -3.02. The van der Waals surface area contributed by atoms with Gasteiger partial charge in [-0.05, 0) is 42.8 Å². The SMILES string of the molecule is CC(=O)Nc1ccc(OC(CCc2ccco2)Cn2ccnc2)cc1. The topological polar surface area (TPSA) is 69.3 Å². The monoisotopic (exact) mass is 339 g/mol. The first-order valence-electron chi connectivity index (χ1n) is 8.21. The van der Waals surface area contributed by atoms with E-state index in [4.69, 9.17) is 9.15 Å². The zero-order valence-electron chi connectivity index (χ0n) is 14.1. The van der Waals surface area contributed by atoms with E-state index >= 15 is 0 Å². The smallest absolute Gasteiger partial charge is 0.221 e. The summed E-state index contributed by atoms with van der Waals surface area (Å²) in [7, 11) is 0. The molecule has 1 N–H and O–H groups in total. The van der Waals surface area contributed by atoms with Crippen LogP contribution >= 0.6 is 0 Å². The quantitative estimate of drug-likeness (QED) is 0.682. The van der Waals surface area contributed by atoms with Gasteiger partial charge in [0.1, 0.15) is 17.6 Å². The Morgan fingerprint density at radius 1 is 1.32 bits per heavy atom. The van der Waals surface area contributed by atoms with Crippen LogP contribution in [0.3, 0.4) is 0 Å². The molecule has 0 radical (unpaired) electrons. The lowest BCUT2D eigenvalue weighted by Crippen LogP contribution is -2.23. The minimum Gasteiger partial charge on any atom is -0.489 e. The van der Waals surface area contributed by atoms with Crippen LogP contribution < -0.4 is 10.1 Å². The number of benzene rings is 1. The normalized spacial score (nSPS) is 11.9. The van der Waals surface area contributed by atoms with Crippen molar-refractivity contribution in [2.24, 2.45) is 0 Å². The summed E-state index contributed by atoms with van der Waals surface area (Å²) in [6.45, 7) is 2.19. The highest BCUT2D eigenvalue weighted by atomic mass is 16.5. The van der Waals surface area contributed by atoms with Gasteiger partial charge in [0.25, 0.3) is 0 Å². The highest BCUT2D eigenvalue weighted by Crippen LogP contribution is 2.19. The van der Waals surface area contributed by atoms with Crippen molar-refractivity contribution in [1.29, 1.82) is 0 Å². The maximum absolute atomic E-state index is 11.1. The molecule has 0 aliphatic rings. The number of carbonyl (C=O) groups excluding carboxylic acids is 1. The van der Waals surface area contributed by atoms with Gasteiger partial charge in [0, 0.05) is 31.4 Å². The summed E-state index contributed by atoms with van der Waals surface area (Å²) in [4.78, 5) is 15.2. The highest BCUT2D eigenvalue weighted by molar-refractivity contribution is 5.88. The van der Waals surface area contributed by atoms with Crippen LogP contribution in [0.2, 0.25) is 0 Å². The lowest BCUT2D eigenvalue weighted by atomic mass is 10.1. The lowest BCUT2D eigenvalue weighted by molar-refractivity contribution is -0.114. The standard InChI is InChI=1S/C19H21N3O3/c1-15(23)21-16-4-6-18(7-5-16)25-19(13-22-11-10-20-14-22)9-8-17-3-2-12-24-17/h2-7,10-12,14,19H,8-9,13H2,1H3,(H,21,23). The molecule has 1 aromatic carbocycles. The number of ether oxygens (including phenoxy) is 1. The number of anilines is 1. The van der Waals surface area contributed by atoms with Gasteiger partial charge in [-0.25, -0.2) is 4.98 Å². The number of furan rings is 1. The number of imidazole rings is 1. The second kappa shape index (κ2) is 8.19. The molecule has 2 heterocycles. The molecular formula is C19H21N3O3. The van der Waals surface area contributed by atoms with E-state index < -0.39 is 0 Å². The first kappa shape index (κ1) is 16.8. The number of aryl methyl sites for hydroxylation is 1. The molecule has 6 heteroatoms. The average Bonchev–Trinajstić information content (AvgIpc) is 3.27. The average molecular weight is 339 g/mol. The summed E-state index contributed by atoms with van der Waals surface area (Å²) < 4.78 is 13.5. The van der Waals surface area contributed by atoms with E-state index in [2.05, 4.69) is 10.3 Å². The zero-order chi connectivity index (χ0) is 17.5. The number of carbonyl (C=O) groups is 1. The molecule has 1 amide bonds. The Labute approximate surface area is 146 Å². The minimum atomic E-state index is -0.0925. The van der Waals surface area contributed by atoms with Gasteiger partial charge in [-0.1, -0.05) is 0 Å². The molecule has 130 valence electrons. The molecule has 2 aromatic heterocycles. The maximum atomic E-state index is 11.1. The first-order valence-corrected chi connectivity index (χ1v) is 8.21. The molecule has 1 unspecified atom stereocenters. The van der Waals surface area contributed by atoms with E-state index in [1.165, 1.54) is 6.92 Å². The van der Waals surface area contributed by atoms with E-state index in [-0.39, 0.29) is 12.0 Å². The minimum absolute atomic E-state index is 0.0223. The fourth-order valence-electron chi connectivity index (χ4n) is 2.59. The molecule has 3 rings (SSSR count). The molecule has 0 saturated heterocycles. The molecule has 25 heavy (non-hydrogen) atoms. The van der Waals surface area contributed by atoms with E-state index in [0.29, 0.717) is 6.54 Å². The summed E-state index contributed by atoms with van der Waals surface area (Å²) >= 11 is 0. The molecule has 0 spiro atoms. The van der Waals surface area contributed by atoms with Gasteiger partial charge in [-0.2, -0.15) is 0 Å². The van der Waals surface area contributed by atoms with Crippen LogP contribution in [0.4, 0.5) is 5.69 Å². The third-order valence-corrected chi connectivity index (χ3v) is 3.74. The highest BCUT2D eigenvalue weighted by Gasteiger charge is 2.13. The van der Waals surface area contributed by atoms with Crippen LogP contribution in [0.5, 0.6) is 5.75 Å². The molecule has 0 bridgehead atoms. The predicted molar refractivity (Wildman–Crippen MR) is 94.4 cm³/mol. The van der Waals surface area contributed by atoms with Crippen molar-refractivity contribution in [3.05, 3.63) is 67.1 Å². The first-order chi connectivity index (χ1) is 12.2. The van der Waals surface area contributed by atoms with Crippen molar-refractivity contribution in [2.75, 3.05) is 5.32 Å². The second-order valence-electron chi connectivity index (χ2n) is 5.82. The summed E-state index contributed by atoms with van der Waals surface area (Å²) in [6.07, 6.45) is 8.74. The van der Waals surface area contributed by atoms with E-state index in [1.807, 2.05) is 47.2 Å². The van der Waals surface area contributed by atoms with Crippen molar-refractivity contribution in [3.63, 3.8) is 0 Å². The summed E-state index contributed by atoms with van der Waals surface area (Å²) in [6, 6.07) is 11.2. The van der Waals surface area contributed by atoms with Crippen molar-refractivity contribution >= 4 is 11.6 Å². The summed E-state index contributed by atoms with van der Waals surface area (Å²) in [5.41, 5.74) is 0.751. The summed E-state index contributed by atoms with van der Waals surface area (Å²) in [5, 5.41) is 2.75. The third kappa shape index (κ3) is 5.24. The van der Waals surface area contributed by atoms with Gasteiger partial charge < -0.3 is 19.0 Å². The predicted octanol–water partition coefficient (Wildman–Crippen LogP) is 3.51. The summed E-state index contributed by atoms with van der Waals surface area (Å²) in [5.74, 6) is 1.61. The molecule has 0 aliphatic carbocycles. The van der Waals surface area contributed by atoms with E-state index in [9.17, 15) is 4.79 Å². The largest absolute Gasteiger partial charge is 0.489 e. The Kier molecular flexibility index (Phi) is 5.51. The van der Waals surface area contributed by atoms with E-state index in [1.54, 1.807) is 18.8 Å². The number of aromatic nitrogens is 2. The van der Waals surface area contributed by atoms with Gasteiger partial charge in [-0.15, -0.1) is 0 Å². The van der Waals surface area contributed by atoms with Gasteiger partial charge >= 0.3 is 0 Å². The van der Waals surface area contributed by atoms with Crippen LogP contribution in [0, 0.1) is 0 Å². The Bertz CT molecular complexity index is 765. The van der Waals surface area contributed by atoms with Crippen LogP contribution in [0.1, 0.15) is 19.1 Å². The van der Waals surface area contributed by atoms with Crippen molar-refractivity contribution in [1.82, 2.24) is 9.55 Å². The van der Waals surface area contributed by atoms with Gasteiger partial charge in [0.2, 0.25) is 5.91 Å². The number of hydrogen-bond donors (Lipinski definition) is 1. The number of rotatable bonds is 8. The van der Waals surface area contributed by atoms with Crippen LogP contribution in [-0.2, 0) is 17.8 Å². The van der Waals surface area contributed by atoms with Crippen molar-refractivity contribution < 1.29 is 13.9 Å². The van der Waals surface area contributed by atoms with E-state index in [0.717, 1.165) is 30.0 Å². The van der Waals surface area contributed by atoms with Crippen molar-refractivity contribution in [3.8, 4) is 5.75 Å². The van der Waals surface area contributed by atoms with Crippen LogP contribution in [-0.4, -0.2) is 21.6 Å². The fraction of sp³-hybridized carbons (Fsp3) is 0.263. The number of amides is 1. The molecule has 0 saturated carbocycles. The van der Waals surface area contributed by atoms with Crippen molar-refractivity contribution in [2.45, 2.75) is 32.4 Å². The van der Waals surface area contributed by atoms with Gasteiger partial charge in [0.05, 0.1) is 19.1 Å². The molecule has 6 nitrogen and oxygen atoms in total. The fourth-order valence-corrected chi connectivity index (χ4v) is 2.59. The number of nitrogens with zero attached hydrogens (tertiary/aromatic N) is 2. The number of hydrogen-bond acceptors (Lipinski definition) is 4. The third-order valence-electron chi connectivity index (χ3n) is 3.74. The molecular weight excluding hydrogens is 318 g/mol. The molecule has 1 atom stereocenters. The lowest BCUT2D eigenvalue weighted by Gasteiger charge is -2.19. The van der Waals surface area contributed by atoms with Gasteiger partial charge in [0.15, 0.2) is 0 Å². The van der Waals surface area contributed by atoms with Gasteiger partial charge in [-0.3, -0.25) is 4.79 Å². The maximum Gasteiger partial charge on any atom is 0.221 e. The van der Waals surface area contributed by atoms with Crippen LogP contribution in [0.25, 0.3) is 0 Å². The number of nitrogens with one attached hydrogen (secondary N) is 1. The Balaban J connectivity index is 1.64. The Morgan fingerprint density at radius 2 is 2.16 bits per heavy atom. The zero-order valence-corrected chi connectivity index (χ0v) is 14.1. The van der Waals surface area contributed by atoms with Crippen LogP contribution in [0.15, 0.2) is 65.8 Å². The molecule has 0 fully saturated rings. The second-order valence-corrected chi connectivity index (χ2v) is 5.82. The molecule has 3 aromatic rings. The Morgan fingerprint density at radius 3 is 2.80 bits per heavy atom. The molecule has 0 aliphatic heterocycles.